The van der Waals surface area contributed by atoms with Gasteiger partial charge in [0.05, 0.1) is 6.42 Å². The molecule has 2 unspecified atom stereocenters. The van der Waals surface area contributed by atoms with E-state index >= 15 is 0 Å². The number of hydrogen-bond donors (Lipinski definition) is 1. The number of amides is 1. The van der Waals surface area contributed by atoms with Crippen LogP contribution in [-0.4, -0.2) is 30.9 Å². The molecular weight excluding hydrogens is 260 g/mol. The summed E-state index contributed by atoms with van der Waals surface area (Å²) < 4.78 is 0. The molecule has 0 bridgehead atoms. The monoisotopic (exact) mass is 288 g/mol. The molecule has 2 rings (SSSR count). The minimum atomic E-state index is 0.141. The van der Waals surface area contributed by atoms with Crippen molar-refractivity contribution < 1.29 is 4.79 Å². The van der Waals surface area contributed by atoms with Crippen LogP contribution >= 0.6 is 0 Å². The SMILES string of the molecule is CC1CC(C)(C)CC1Nc1ccc(CC(=O)N(C)C)cc1. The number of rotatable bonds is 4. The maximum atomic E-state index is 11.7. The average molecular weight is 288 g/mol. The summed E-state index contributed by atoms with van der Waals surface area (Å²) in [7, 11) is 3.59. The van der Waals surface area contributed by atoms with Crippen LogP contribution in [0.1, 0.15) is 39.2 Å². The topological polar surface area (TPSA) is 32.3 Å². The lowest BCUT2D eigenvalue weighted by atomic mass is 9.91. The Morgan fingerprint density at radius 3 is 2.33 bits per heavy atom. The third kappa shape index (κ3) is 4.23. The van der Waals surface area contributed by atoms with Crippen molar-refractivity contribution in [2.24, 2.45) is 11.3 Å². The van der Waals surface area contributed by atoms with E-state index in [9.17, 15) is 4.79 Å². The summed E-state index contributed by atoms with van der Waals surface area (Å²) >= 11 is 0. The van der Waals surface area contributed by atoms with Gasteiger partial charge in [0.2, 0.25) is 5.91 Å². The predicted octanol–water partition coefficient (Wildman–Crippen LogP) is 3.55. The smallest absolute Gasteiger partial charge is 0.226 e. The summed E-state index contributed by atoms with van der Waals surface area (Å²) in [5.74, 6) is 0.844. The van der Waals surface area contributed by atoms with Gasteiger partial charge in [-0.1, -0.05) is 32.9 Å². The lowest BCUT2D eigenvalue weighted by Gasteiger charge is -2.20. The highest BCUT2D eigenvalue weighted by molar-refractivity contribution is 5.78. The van der Waals surface area contributed by atoms with Crippen molar-refractivity contribution in [2.45, 2.75) is 46.1 Å². The summed E-state index contributed by atoms with van der Waals surface area (Å²) in [4.78, 5) is 13.3. The van der Waals surface area contributed by atoms with Crippen molar-refractivity contribution in [3.63, 3.8) is 0 Å². The van der Waals surface area contributed by atoms with E-state index in [-0.39, 0.29) is 5.91 Å². The van der Waals surface area contributed by atoms with E-state index in [0.29, 0.717) is 23.8 Å². The van der Waals surface area contributed by atoms with E-state index in [1.54, 1.807) is 19.0 Å². The number of carbonyl (C=O) groups excluding carboxylic acids is 1. The van der Waals surface area contributed by atoms with Crippen molar-refractivity contribution in [3.05, 3.63) is 29.8 Å². The van der Waals surface area contributed by atoms with Crippen LogP contribution < -0.4 is 5.32 Å². The Hall–Kier alpha value is -1.51. The Morgan fingerprint density at radius 2 is 1.86 bits per heavy atom. The molecule has 1 aliphatic carbocycles. The summed E-state index contributed by atoms with van der Waals surface area (Å²) in [5, 5.41) is 3.65. The quantitative estimate of drug-likeness (QED) is 0.919. The molecule has 1 saturated carbocycles. The van der Waals surface area contributed by atoms with Crippen LogP contribution in [0.4, 0.5) is 5.69 Å². The van der Waals surface area contributed by atoms with Gasteiger partial charge < -0.3 is 10.2 Å². The first-order chi connectivity index (χ1) is 9.77. The molecule has 3 heteroatoms. The summed E-state index contributed by atoms with van der Waals surface area (Å²) in [6.45, 7) is 7.03. The normalized spacial score (nSPS) is 23.9. The van der Waals surface area contributed by atoms with Gasteiger partial charge >= 0.3 is 0 Å². The predicted molar refractivity (Wildman–Crippen MR) is 88.4 cm³/mol. The Balaban J connectivity index is 1.95. The van der Waals surface area contributed by atoms with Gasteiger partial charge in [0.15, 0.2) is 0 Å². The number of anilines is 1. The molecular formula is C18H28N2O. The number of hydrogen-bond acceptors (Lipinski definition) is 2. The largest absolute Gasteiger partial charge is 0.382 e. The minimum Gasteiger partial charge on any atom is -0.382 e. The minimum absolute atomic E-state index is 0.141. The lowest BCUT2D eigenvalue weighted by Crippen LogP contribution is -2.23. The Morgan fingerprint density at radius 1 is 1.24 bits per heavy atom. The molecule has 0 spiro atoms. The highest BCUT2D eigenvalue weighted by Crippen LogP contribution is 2.42. The molecule has 0 radical (unpaired) electrons. The second-order valence-corrected chi connectivity index (χ2v) is 7.46. The zero-order chi connectivity index (χ0) is 15.6. The van der Waals surface area contributed by atoms with E-state index in [4.69, 9.17) is 0 Å². The summed E-state index contributed by atoms with van der Waals surface area (Å²) in [6.07, 6.45) is 2.97. The number of likely N-dealkylation sites (N-methyl/N-ethyl adjacent to an activating group) is 1. The van der Waals surface area contributed by atoms with Crippen molar-refractivity contribution >= 4 is 11.6 Å². The molecule has 2 atom stereocenters. The van der Waals surface area contributed by atoms with Gasteiger partial charge in [0, 0.05) is 25.8 Å². The van der Waals surface area contributed by atoms with Gasteiger partial charge in [-0.3, -0.25) is 4.79 Å². The van der Waals surface area contributed by atoms with Gasteiger partial charge in [0.1, 0.15) is 0 Å². The van der Waals surface area contributed by atoms with Crippen LogP contribution in [0.15, 0.2) is 24.3 Å². The zero-order valence-corrected chi connectivity index (χ0v) is 13.9. The third-order valence-electron chi connectivity index (χ3n) is 4.49. The third-order valence-corrected chi connectivity index (χ3v) is 4.49. The maximum absolute atomic E-state index is 11.7. The molecule has 1 N–H and O–H groups in total. The Kier molecular flexibility index (Phi) is 4.60. The van der Waals surface area contributed by atoms with Gasteiger partial charge in [-0.25, -0.2) is 0 Å². The van der Waals surface area contributed by atoms with E-state index in [0.717, 1.165) is 11.3 Å². The molecule has 1 aromatic rings. The maximum Gasteiger partial charge on any atom is 0.226 e. The van der Waals surface area contributed by atoms with E-state index in [2.05, 4.69) is 50.4 Å². The first-order valence-electron chi connectivity index (χ1n) is 7.82. The lowest BCUT2D eigenvalue weighted by molar-refractivity contribution is -0.127. The number of nitrogens with zero attached hydrogens (tertiary/aromatic N) is 1. The van der Waals surface area contributed by atoms with Crippen LogP contribution in [0.3, 0.4) is 0 Å². The molecule has 21 heavy (non-hydrogen) atoms. The van der Waals surface area contributed by atoms with Gasteiger partial charge in [-0.15, -0.1) is 0 Å². The Bertz CT molecular complexity index is 490. The molecule has 0 heterocycles. The first kappa shape index (κ1) is 15.9. The van der Waals surface area contributed by atoms with Gasteiger partial charge in [-0.05, 0) is 41.9 Å². The fourth-order valence-electron chi connectivity index (χ4n) is 3.35. The molecule has 1 aliphatic rings. The zero-order valence-electron chi connectivity index (χ0n) is 13.9. The molecule has 1 amide bonds. The van der Waals surface area contributed by atoms with E-state index in [1.807, 2.05) is 0 Å². The highest BCUT2D eigenvalue weighted by atomic mass is 16.2. The van der Waals surface area contributed by atoms with E-state index < -0.39 is 0 Å². The standard InChI is InChI=1S/C18H28N2O/c1-13-11-18(2,3)12-16(13)19-15-8-6-14(7-9-15)10-17(21)20(4)5/h6-9,13,16,19H,10-12H2,1-5H3. The van der Waals surface area contributed by atoms with Gasteiger partial charge in [0.25, 0.3) is 0 Å². The van der Waals surface area contributed by atoms with E-state index in [1.165, 1.54) is 12.8 Å². The van der Waals surface area contributed by atoms with Crippen LogP contribution in [0.2, 0.25) is 0 Å². The number of benzene rings is 1. The van der Waals surface area contributed by atoms with Crippen molar-refractivity contribution in [3.8, 4) is 0 Å². The molecule has 0 aromatic heterocycles. The number of carbonyl (C=O) groups is 1. The second kappa shape index (κ2) is 6.08. The molecule has 1 fully saturated rings. The average Bonchev–Trinajstić information content (AvgIpc) is 2.64. The molecule has 0 saturated heterocycles. The molecule has 1 aromatic carbocycles. The highest BCUT2D eigenvalue weighted by Gasteiger charge is 2.36. The summed E-state index contributed by atoms with van der Waals surface area (Å²) in [5.41, 5.74) is 2.67. The van der Waals surface area contributed by atoms with Crippen LogP contribution in [0, 0.1) is 11.3 Å². The first-order valence-corrected chi connectivity index (χ1v) is 7.82. The Labute approximate surface area is 128 Å². The summed E-state index contributed by atoms with van der Waals surface area (Å²) in [6, 6.07) is 8.84. The fourth-order valence-corrected chi connectivity index (χ4v) is 3.35. The van der Waals surface area contributed by atoms with Crippen molar-refractivity contribution in [1.29, 1.82) is 0 Å². The second-order valence-electron chi connectivity index (χ2n) is 7.46. The van der Waals surface area contributed by atoms with Crippen LogP contribution in [0.25, 0.3) is 0 Å². The van der Waals surface area contributed by atoms with Crippen LogP contribution in [0.5, 0.6) is 0 Å². The number of nitrogens with one attached hydrogen (secondary N) is 1. The fraction of sp³-hybridized carbons (Fsp3) is 0.611. The van der Waals surface area contributed by atoms with Crippen molar-refractivity contribution in [1.82, 2.24) is 4.90 Å². The van der Waals surface area contributed by atoms with Gasteiger partial charge in [-0.2, -0.15) is 0 Å². The molecule has 3 nitrogen and oxygen atoms in total. The van der Waals surface area contributed by atoms with Crippen LogP contribution in [-0.2, 0) is 11.2 Å². The van der Waals surface area contributed by atoms with Crippen molar-refractivity contribution in [2.75, 3.05) is 19.4 Å². The molecule has 0 aliphatic heterocycles. The molecule has 116 valence electrons.